The van der Waals surface area contributed by atoms with Crippen molar-refractivity contribution in [3.05, 3.63) is 56.0 Å². The number of Topliss-reactive ketones (excluding diaryl/α,β-unsaturated/α-hetero) is 1. The van der Waals surface area contributed by atoms with Gasteiger partial charge in [-0.1, -0.05) is 13.8 Å². The second kappa shape index (κ2) is 5.54. The number of allylic oxidation sites excluding steroid dienone is 2. The molecule has 0 saturated heterocycles. The fourth-order valence-electron chi connectivity index (χ4n) is 4.30. The van der Waals surface area contributed by atoms with Gasteiger partial charge in [-0.05, 0) is 52.0 Å². The summed E-state index contributed by atoms with van der Waals surface area (Å²) in [5.41, 5.74) is 5.19. The number of aromatic amines is 1. The van der Waals surface area contributed by atoms with Crippen molar-refractivity contribution >= 4 is 49.6 Å². The highest BCUT2D eigenvalue weighted by atomic mass is 79.9. The van der Waals surface area contributed by atoms with Crippen LogP contribution in [0, 0.1) is 5.41 Å². The van der Waals surface area contributed by atoms with E-state index in [0.717, 1.165) is 43.6 Å². The Morgan fingerprint density at radius 1 is 1.23 bits per heavy atom. The first-order valence-corrected chi connectivity index (χ1v) is 10.3. The molecule has 6 heteroatoms. The zero-order chi connectivity index (χ0) is 18.1. The van der Waals surface area contributed by atoms with Crippen molar-refractivity contribution in [1.29, 1.82) is 0 Å². The lowest BCUT2D eigenvalue weighted by molar-refractivity contribution is -0.118. The number of H-pyrrole nitrogens is 1. The van der Waals surface area contributed by atoms with Gasteiger partial charge >= 0.3 is 0 Å². The van der Waals surface area contributed by atoms with Gasteiger partial charge < -0.3 is 5.32 Å². The van der Waals surface area contributed by atoms with Crippen LogP contribution in [0.1, 0.15) is 43.0 Å². The van der Waals surface area contributed by atoms with E-state index in [1.165, 1.54) is 4.88 Å². The number of nitrogens with zero attached hydrogens (tertiary/aromatic N) is 1. The highest BCUT2D eigenvalue weighted by Crippen LogP contribution is 2.51. The number of nitrogens with one attached hydrogen (secondary N) is 2. The fourth-order valence-corrected chi connectivity index (χ4v) is 5.84. The van der Waals surface area contributed by atoms with E-state index in [2.05, 4.69) is 69.6 Å². The molecule has 3 aromatic rings. The molecule has 4 nitrogen and oxygen atoms in total. The van der Waals surface area contributed by atoms with Crippen molar-refractivity contribution in [2.24, 2.45) is 5.41 Å². The summed E-state index contributed by atoms with van der Waals surface area (Å²) >= 11 is 5.28. The SMILES string of the molecule is CC1(C)CC(=O)C2=C(C1)Nc1ccc3cn[nH]c3c1C2c1ccc(Br)s1. The number of carbonyl (C=O) groups is 1. The zero-order valence-corrected chi connectivity index (χ0v) is 16.9. The molecule has 1 aliphatic heterocycles. The van der Waals surface area contributed by atoms with Gasteiger partial charge in [0.05, 0.1) is 21.4 Å². The van der Waals surface area contributed by atoms with Gasteiger partial charge in [-0.15, -0.1) is 11.3 Å². The summed E-state index contributed by atoms with van der Waals surface area (Å²) in [7, 11) is 0. The van der Waals surface area contributed by atoms with Crippen LogP contribution in [-0.4, -0.2) is 16.0 Å². The van der Waals surface area contributed by atoms with Crippen molar-refractivity contribution in [1.82, 2.24) is 10.2 Å². The molecule has 1 aliphatic carbocycles. The summed E-state index contributed by atoms with van der Waals surface area (Å²) in [5.74, 6) is 0.200. The Hall–Kier alpha value is -1.92. The minimum absolute atomic E-state index is 0.0148. The zero-order valence-electron chi connectivity index (χ0n) is 14.5. The van der Waals surface area contributed by atoms with Crippen LogP contribution in [-0.2, 0) is 4.79 Å². The summed E-state index contributed by atoms with van der Waals surface area (Å²) in [4.78, 5) is 14.4. The monoisotopic (exact) mass is 427 g/mol. The lowest BCUT2D eigenvalue weighted by Crippen LogP contribution is -2.33. The summed E-state index contributed by atoms with van der Waals surface area (Å²) in [6, 6.07) is 8.37. The number of aromatic nitrogens is 2. The topological polar surface area (TPSA) is 57.8 Å². The Kier molecular flexibility index (Phi) is 3.46. The number of benzene rings is 1. The normalized spacial score (nSPS) is 21.5. The second-order valence-corrected chi connectivity index (χ2v) is 10.4. The lowest BCUT2D eigenvalue weighted by atomic mass is 9.69. The molecule has 132 valence electrons. The molecule has 0 amide bonds. The fraction of sp³-hybridized carbons (Fsp3) is 0.300. The molecule has 1 unspecified atom stereocenters. The Balaban J connectivity index is 1.81. The van der Waals surface area contributed by atoms with Gasteiger partial charge in [0.25, 0.3) is 0 Å². The molecular weight excluding hydrogens is 410 g/mol. The van der Waals surface area contributed by atoms with E-state index in [1.54, 1.807) is 11.3 Å². The van der Waals surface area contributed by atoms with E-state index in [-0.39, 0.29) is 17.1 Å². The maximum atomic E-state index is 13.2. The molecule has 1 atom stereocenters. The van der Waals surface area contributed by atoms with Crippen molar-refractivity contribution in [3.8, 4) is 0 Å². The van der Waals surface area contributed by atoms with Crippen LogP contribution in [0.5, 0.6) is 0 Å². The first-order valence-electron chi connectivity index (χ1n) is 8.67. The number of hydrogen-bond donors (Lipinski definition) is 2. The largest absolute Gasteiger partial charge is 0.358 e. The third-order valence-corrected chi connectivity index (χ3v) is 7.01. The third-order valence-electron chi connectivity index (χ3n) is 5.32. The Morgan fingerprint density at radius 2 is 2.08 bits per heavy atom. The van der Waals surface area contributed by atoms with Gasteiger partial charge in [0.2, 0.25) is 0 Å². The number of anilines is 1. The lowest BCUT2D eigenvalue weighted by Gasteiger charge is -2.39. The molecular formula is C20H18BrN3OS. The molecule has 2 aliphatic rings. The summed E-state index contributed by atoms with van der Waals surface area (Å²) in [6.45, 7) is 4.33. The highest BCUT2D eigenvalue weighted by Gasteiger charge is 2.41. The minimum atomic E-state index is -0.0506. The van der Waals surface area contributed by atoms with Crippen LogP contribution in [0.2, 0.25) is 0 Å². The van der Waals surface area contributed by atoms with Crippen LogP contribution in [0.25, 0.3) is 10.9 Å². The van der Waals surface area contributed by atoms with Crippen molar-refractivity contribution in [2.45, 2.75) is 32.6 Å². The molecule has 0 bridgehead atoms. The minimum Gasteiger partial charge on any atom is -0.358 e. The number of fused-ring (bicyclic) bond motifs is 3. The molecule has 0 saturated carbocycles. The molecule has 0 spiro atoms. The molecule has 5 rings (SSSR count). The molecule has 2 aromatic heterocycles. The smallest absolute Gasteiger partial charge is 0.162 e. The first kappa shape index (κ1) is 16.3. The standard InChI is InChI=1S/C20H18BrN3OS/c1-20(2)7-12-16(13(25)8-20)18(14-5-6-15(21)26-14)17-11(23-12)4-3-10-9-22-24-19(10)17/h3-6,9,18,23H,7-8H2,1-2H3,(H,22,24). The second-order valence-electron chi connectivity index (χ2n) is 7.89. The summed E-state index contributed by atoms with van der Waals surface area (Å²) in [6.07, 6.45) is 3.31. The van der Waals surface area contributed by atoms with E-state index in [0.29, 0.717) is 6.42 Å². The van der Waals surface area contributed by atoms with Crippen LogP contribution in [0.3, 0.4) is 0 Å². The average molecular weight is 428 g/mol. The Morgan fingerprint density at radius 3 is 2.85 bits per heavy atom. The van der Waals surface area contributed by atoms with Gasteiger partial charge in [-0.25, -0.2) is 0 Å². The average Bonchev–Trinajstić information content (AvgIpc) is 3.20. The summed E-state index contributed by atoms with van der Waals surface area (Å²) in [5, 5.41) is 12.0. The molecule has 0 fully saturated rings. The van der Waals surface area contributed by atoms with Gasteiger partial charge in [-0.2, -0.15) is 5.10 Å². The van der Waals surface area contributed by atoms with Gasteiger partial charge in [0.15, 0.2) is 5.78 Å². The summed E-state index contributed by atoms with van der Waals surface area (Å²) < 4.78 is 1.08. The van der Waals surface area contributed by atoms with E-state index in [1.807, 2.05) is 6.20 Å². The molecule has 0 radical (unpaired) electrons. The number of halogens is 1. The molecule has 2 N–H and O–H groups in total. The maximum Gasteiger partial charge on any atom is 0.162 e. The predicted octanol–water partition coefficient (Wildman–Crippen LogP) is 5.59. The highest BCUT2D eigenvalue weighted by molar-refractivity contribution is 9.11. The Labute approximate surface area is 163 Å². The predicted molar refractivity (Wildman–Crippen MR) is 109 cm³/mol. The van der Waals surface area contributed by atoms with Gasteiger partial charge in [-0.3, -0.25) is 9.89 Å². The van der Waals surface area contributed by atoms with Crippen molar-refractivity contribution in [2.75, 3.05) is 5.32 Å². The van der Waals surface area contributed by atoms with E-state index in [9.17, 15) is 4.79 Å². The molecule has 3 heterocycles. The number of ketones is 1. The van der Waals surface area contributed by atoms with Crippen molar-refractivity contribution < 1.29 is 4.79 Å². The van der Waals surface area contributed by atoms with Gasteiger partial charge in [0, 0.05) is 39.2 Å². The number of carbonyl (C=O) groups excluding carboxylic acids is 1. The molecule has 26 heavy (non-hydrogen) atoms. The van der Waals surface area contributed by atoms with Crippen LogP contribution in [0.15, 0.2) is 45.5 Å². The molecule has 1 aromatic carbocycles. The number of rotatable bonds is 1. The van der Waals surface area contributed by atoms with Crippen LogP contribution >= 0.6 is 27.3 Å². The Bertz CT molecular complexity index is 1090. The quantitative estimate of drug-likeness (QED) is 0.532. The van der Waals surface area contributed by atoms with E-state index < -0.39 is 0 Å². The first-order chi connectivity index (χ1) is 12.4. The van der Waals surface area contributed by atoms with Gasteiger partial charge in [0.1, 0.15) is 0 Å². The van der Waals surface area contributed by atoms with Crippen LogP contribution < -0.4 is 5.32 Å². The number of thiophene rings is 1. The van der Waals surface area contributed by atoms with Crippen molar-refractivity contribution in [3.63, 3.8) is 0 Å². The third kappa shape index (κ3) is 2.39. The van der Waals surface area contributed by atoms with E-state index >= 15 is 0 Å². The van der Waals surface area contributed by atoms with E-state index in [4.69, 9.17) is 0 Å². The van der Waals surface area contributed by atoms with Crippen LogP contribution in [0.4, 0.5) is 5.69 Å². The number of hydrogen-bond acceptors (Lipinski definition) is 4. The maximum absolute atomic E-state index is 13.2.